The van der Waals surface area contributed by atoms with Gasteiger partial charge in [-0.2, -0.15) is 0 Å². The van der Waals surface area contributed by atoms with Crippen molar-refractivity contribution in [2.45, 2.75) is 19.3 Å². The second-order valence-electron chi connectivity index (χ2n) is 4.97. The summed E-state index contributed by atoms with van der Waals surface area (Å²) >= 11 is 0. The van der Waals surface area contributed by atoms with Gasteiger partial charge in [-0.1, -0.05) is 30.3 Å². The molecule has 0 spiro atoms. The number of nitrogens with zero attached hydrogens (tertiary/aromatic N) is 1. The molecule has 0 aliphatic heterocycles. The molecule has 0 fully saturated rings. The number of nitrogens with one attached hydrogen (secondary N) is 2. The van der Waals surface area contributed by atoms with Crippen LogP contribution >= 0.6 is 24.0 Å². The Labute approximate surface area is 157 Å². The van der Waals surface area contributed by atoms with Crippen LogP contribution in [0.25, 0.3) is 0 Å². The molecule has 0 aromatic heterocycles. The first kappa shape index (κ1) is 22.1. The summed E-state index contributed by atoms with van der Waals surface area (Å²) in [6.07, 6.45) is 2.91. The highest BCUT2D eigenvalue weighted by atomic mass is 127. The SMILES string of the molecule is CN=C(NCCCOC)NCCCOCCc1ccccc1.I. The molecule has 1 rings (SSSR count). The molecule has 5 nitrogen and oxygen atoms in total. The predicted octanol–water partition coefficient (Wildman–Crippen LogP) is 2.46. The van der Waals surface area contributed by atoms with Gasteiger partial charge < -0.3 is 20.1 Å². The Morgan fingerprint density at radius 3 is 2.26 bits per heavy atom. The van der Waals surface area contributed by atoms with Gasteiger partial charge in [-0.15, -0.1) is 24.0 Å². The zero-order valence-electron chi connectivity index (χ0n) is 14.2. The zero-order valence-corrected chi connectivity index (χ0v) is 16.5. The number of rotatable bonds is 11. The molecule has 0 heterocycles. The second kappa shape index (κ2) is 16.0. The summed E-state index contributed by atoms with van der Waals surface area (Å²) < 4.78 is 10.7. The monoisotopic (exact) mass is 435 g/mol. The van der Waals surface area contributed by atoms with Gasteiger partial charge in [0.05, 0.1) is 6.61 Å². The first-order valence-corrected chi connectivity index (χ1v) is 7.92. The first-order valence-electron chi connectivity index (χ1n) is 7.92. The van der Waals surface area contributed by atoms with Gasteiger partial charge in [0, 0.05) is 40.5 Å². The van der Waals surface area contributed by atoms with Gasteiger partial charge in [-0.05, 0) is 24.8 Å². The molecule has 0 saturated carbocycles. The predicted molar refractivity (Wildman–Crippen MR) is 107 cm³/mol. The van der Waals surface area contributed by atoms with Gasteiger partial charge >= 0.3 is 0 Å². The lowest BCUT2D eigenvalue weighted by Gasteiger charge is -2.11. The van der Waals surface area contributed by atoms with E-state index in [1.807, 2.05) is 6.07 Å². The number of hydrogen-bond donors (Lipinski definition) is 2. The van der Waals surface area contributed by atoms with Crippen molar-refractivity contribution in [1.82, 2.24) is 10.6 Å². The summed E-state index contributed by atoms with van der Waals surface area (Å²) in [4.78, 5) is 4.17. The third-order valence-electron chi connectivity index (χ3n) is 3.18. The van der Waals surface area contributed by atoms with E-state index in [2.05, 4.69) is 39.9 Å². The summed E-state index contributed by atoms with van der Waals surface area (Å²) in [7, 11) is 3.49. The minimum absolute atomic E-state index is 0. The Bertz CT molecular complexity index is 402. The second-order valence-corrected chi connectivity index (χ2v) is 4.97. The number of methoxy groups -OCH3 is 1. The maximum Gasteiger partial charge on any atom is 0.190 e. The van der Waals surface area contributed by atoms with Gasteiger partial charge in [0.25, 0.3) is 0 Å². The minimum Gasteiger partial charge on any atom is -0.385 e. The highest BCUT2D eigenvalue weighted by Gasteiger charge is 1.97. The summed E-state index contributed by atoms with van der Waals surface area (Å²) in [5.41, 5.74) is 1.32. The number of hydrogen-bond acceptors (Lipinski definition) is 3. The molecule has 6 heteroatoms. The average molecular weight is 435 g/mol. The van der Waals surface area contributed by atoms with Crippen LogP contribution in [-0.2, 0) is 15.9 Å². The molecule has 2 N–H and O–H groups in total. The lowest BCUT2D eigenvalue weighted by molar-refractivity contribution is 0.135. The fraction of sp³-hybridized carbons (Fsp3) is 0.588. The summed E-state index contributed by atoms with van der Waals surface area (Å²) in [6.45, 7) is 4.02. The molecule has 0 radical (unpaired) electrons. The molecule has 23 heavy (non-hydrogen) atoms. The fourth-order valence-electron chi connectivity index (χ4n) is 1.96. The van der Waals surface area contributed by atoms with Gasteiger partial charge in [0.2, 0.25) is 0 Å². The number of ether oxygens (including phenoxy) is 2. The van der Waals surface area contributed by atoms with Crippen LogP contribution in [-0.4, -0.2) is 53.0 Å². The summed E-state index contributed by atoms with van der Waals surface area (Å²) in [5.74, 6) is 0.834. The molecule has 0 atom stereocenters. The lowest BCUT2D eigenvalue weighted by atomic mass is 10.2. The van der Waals surface area contributed by atoms with E-state index in [-0.39, 0.29) is 24.0 Å². The van der Waals surface area contributed by atoms with E-state index in [0.717, 1.165) is 58.1 Å². The molecule has 0 aliphatic carbocycles. The van der Waals surface area contributed by atoms with Crippen molar-refractivity contribution in [3.63, 3.8) is 0 Å². The molecule has 132 valence electrons. The van der Waals surface area contributed by atoms with Crippen LogP contribution in [0.4, 0.5) is 0 Å². The van der Waals surface area contributed by atoms with Crippen molar-refractivity contribution in [3.8, 4) is 0 Å². The first-order chi connectivity index (χ1) is 10.9. The van der Waals surface area contributed by atoms with E-state index >= 15 is 0 Å². The van der Waals surface area contributed by atoms with Gasteiger partial charge in [0.1, 0.15) is 0 Å². The molecule has 1 aromatic carbocycles. The van der Waals surface area contributed by atoms with Crippen molar-refractivity contribution in [1.29, 1.82) is 0 Å². The Hall–Kier alpha value is -0.860. The van der Waals surface area contributed by atoms with E-state index in [1.165, 1.54) is 5.56 Å². The van der Waals surface area contributed by atoms with Crippen molar-refractivity contribution >= 4 is 29.9 Å². The topological polar surface area (TPSA) is 54.9 Å². The Morgan fingerprint density at radius 1 is 1.00 bits per heavy atom. The Morgan fingerprint density at radius 2 is 1.65 bits per heavy atom. The van der Waals surface area contributed by atoms with Crippen LogP contribution < -0.4 is 10.6 Å². The van der Waals surface area contributed by atoms with Gasteiger partial charge in [-0.3, -0.25) is 4.99 Å². The van der Waals surface area contributed by atoms with Crippen LogP contribution in [0.15, 0.2) is 35.3 Å². The highest BCUT2D eigenvalue weighted by molar-refractivity contribution is 14.0. The van der Waals surface area contributed by atoms with Crippen molar-refractivity contribution in [3.05, 3.63) is 35.9 Å². The van der Waals surface area contributed by atoms with E-state index < -0.39 is 0 Å². The molecule has 1 aromatic rings. The fourth-order valence-corrected chi connectivity index (χ4v) is 1.96. The normalized spacial score (nSPS) is 11.0. The third kappa shape index (κ3) is 12.3. The zero-order chi connectivity index (χ0) is 15.9. The molecular formula is C17H30IN3O2. The quantitative estimate of drug-likeness (QED) is 0.243. The van der Waals surface area contributed by atoms with Crippen molar-refractivity contribution < 1.29 is 9.47 Å². The maximum atomic E-state index is 5.65. The van der Waals surface area contributed by atoms with Crippen LogP contribution in [0, 0.1) is 0 Å². The van der Waals surface area contributed by atoms with E-state index in [9.17, 15) is 0 Å². The number of guanidine groups is 1. The van der Waals surface area contributed by atoms with Crippen LogP contribution in [0.5, 0.6) is 0 Å². The van der Waals surface area contributed by atoms with Gasteiger partial charge in [0.15, 0.2) is 5.96 Å². The van der Waals surface area contributed by atoms with E-state index in [0.29, 0.717) is 0 Å². The molecular weight excluding hydrogens is 405 g/mol. The van der Waals surface area contributed by atoms with Crippen LogP contribution in [0.1, 0.15) is 18.4 Å². The van der Waals surface area contributed by atoms with Crippen LogP contribution in [0.2, 0.25) is 0 Å². The summed E-state index contributed by atoms with van der Waals surface area (Å²) in [5, 5.41) is 6.52. The van der Waals surface area contributed by atoms with E-state index in [1.54, 1.807) is 14.2 Å². The smallest absolute Gasteiger partial charge is 0.190 e. The number of benzene rings is 1. The largest absolute Gasteiger partial charge is 0.385 e. The Kier molecular flexibility index (Phi) is 15.4. The van der Waals surface area contributed by atoms with Crippen molar-refractivity contribution in [2.24, 2.45) is 4.99 Å². The lowest BCUT2D eigenvalue weighted by Crippen LogP contribution is -2.38. The molecule has 0 unspecified atom stereocenters. The molecule has 0 saturated heterocycles. The van der Waals surface area contributed by atoms with E-state index in [4.69, 9.17) is 9.47 Å². The average Bonchev–Trinajstić information content (AvgIpc) is 2.56. The number of halogens is 1. The van der Waals surface area contributed by atoms with Crippen LogP contribution in [0.3, 0.4) is 0 Å². The minimum atomic E-state index is 0. The summed E-state index contributed by atoms with van der Waals surface area (Å²) in [6, 6.07) is 10.4. The van der Waals surface area contributed by atoms with Gasteiger partial charge in [-0.25, -0.2) is 0 Å². The standard InChI is InChI=1S/C17H29N3O2.HI/c1-18-17(19-11-6-13-21-2)20-12-7-14-22-15-10-16-8-4-3-5-9-16;/h3-5,8-9H,6-7,10-15H2,1-2H3,(H2,18,19,20);1H. The third-order valence-corrected chi connectivity index (χ3v) is 3.18. The maximum absolute atomic E-state index is 5.65. The molecule has 0 aliphatic rings. The highest BCUT2D eigenvalue weighted by Crippen LogP contribution is 1.99. The Balaban J connectivity index is 0.00000484. The molecule has 0 amide bonds. The molecule has 0 bridgehead atoms. The van der Waals surface area contributed by atoms with Crippen molar-refractivity contribution in [2.75, 3.05) is 47.1 Å². The number of aliphatic imine (C=N–C) groups is 1.